The molecule has 0 bridgehead atoms. The first-order valence-electron chi connectivity index (χ1n) is 8.48. The van der Waals surface area contributed by atoms with E-state index >= 15 is 0 Å². The summed E-state index contributed by atoms with van der Waals surface area (Å²) in [5.41, 5.74) is 3.19. The fourth-order valence-corrected chi connectivity index (χ4v) is 4.07. The smallest absolute Gasteiger partial charge is 0.255 e. The molecule has 1 N–H and O–H groups in total. The maximum Gasteiger partial charge on any atom is 0.255 e. The highest BCUT2D eigenvalue weighted by Gasteiger charge is 2.25. The Morgan fingerprint density at radius 2 is 2.00 bits per heavy atom. The molecular weight excluding hydrogens is 352 g/mol. The molecule has 1 heterocycles. The van der Waals surface area contributed by atoms with Gasteiger partial charge in [-0.3, -0.25) is 4.79 Å². The Morgan fingerprint density at radius 1 is 1.19 bits per heavy atom. The van der Waals surface area contributed by atoms with Crippen LogP contribution in [-0.4, -0.2) is 38.0 Å². The molecule has 0 radical (unpaired) electrons. The van der Waals surface area contributed by atoms with Gasteiger partial charge in [0.2, 0.25) is 10.0 Å². The minimum Gasteiger partial charge on any atom is -0.497 e. The molecule has 1 aliphatic heterocycles. The van der Waals surface area contributed by atoms with Crippen LogP contribution in [-0.2, 0) is 23.0 Å². The van der Waals surface area contributed by atoms with E-state index in [1.807, 2.05) is 18.2 Å². The number of benzene rings is 2. The van der Waals surface area contributed by atoms with Crippen LogP contribution in [0.4, 0.5) is 5.69 Å². The van der Waals surface area contributed by atoms with Crippen molar-refractivity contribution in [1.29, 1.82) is 0 Å². The van der Waals surface area contributed by atoms with E-state index in [0.717, 1.165) is 11.1 Å². The molecule has 0 atom stereocenters. The maximum absolute atomic E-state index is 12.4. The van der Waals surface area contributed by atoms with Crippen LogP contribution >= 0.6 is 0 Å². The summed E-state index contributed by atoms with van der Waals surface area (Å²) in [6, 6.07) is 12.6. The molecule has 0 spiro atoms. The lowest BCUT2D eigenvalue weighted by molar-refractivity contribution is 0.102. The van der Waals surface area contributed by atoms with E-state index in [4.69, 9.17) is 4.74 Å². The number of nitrogens with one attached hydrogen (secondary N) is 1. The number of carbonyl (C=O) groups is 1. The molecule has 0 aliphatic carbocycles. The molecular formula is C19H22N2O4S. The number of sulfonamides is 1. The van der Waals surface area contributed by atoms with Crippen molar-refractivity contribution >= 4 is 21.6 Å². The number of hydrogen-bond donors (Lipinski definition) is 1. The van der Waals surface area contributed by atoms with Gasteiger partial charge in [0.15, 0.2) is 0 Å². The highest BCUT2D eigenvalue weighted by molar-refractivity contribution is 7.89. The van der Waals surface area contributed by atoms with Crippen LogP contribution < -0.4 is 10.1 Å². The number of carbonyl (C=O) groups excluding carboxylic acids is 1. The van der Waals surface area contributed by atoms with Crippen LogP contribution in [0.1, 0.15) is 28.4 Å². The van der Waals surface area contributed by atoms with E-state index < -0.39 is 10.0 Å². The molecule has 6 nitrogen and oxygen atoms in total. The molecule has 3 rings (SSSR count). The Balaban J connectivity index is 1.78. The molecule has 138 valence electrons. The van der Waals surface area contributed by atoms with Crippen molar-refractivity contribution in [2.75, 3.05) is 24.7 Å². The number of rotatable bonds is 5. The Kier molecular flexibility index (Phi) is 5.29. The van der Waals surface area contributed by atoms with Gasteiger partial charge in [-0.15, -0.1) is 0 Å². The van der Waals surface area contributed by atoms with Gasteiger partial charge in [0.25, 0.3) is 5.91 Å². The second-order valence-corrected chi connectivity index (χ2v) is 8.41. The zero-order chi connectivity index (χ0) is 18.7. The Labute approximate surface area is 153 Å². The minimum absolute atomic E-state index is 0.0919. The lowest BCUT2D eigenvalue weighted by Crippen LogP contribution is -2.36. The van der Waals surface area contributed by atoms with Crippen molar-refractivity contribution in [2.45, 2.75) is 19.9 Å². The third kappa shape index (κ3) is 3.89. The highest BCUT2D eigenvalue weighted by Crippen LogP contribution is 2.25. The number of methoxy groups -OCH3 is 1. The first-order chi connectivity index (χ1) is 12.4. The van der Waals surface area contributed by atoms with Gasteiger partial charge in [-0.1, -0.05) is 12.1 Å². The number of amides is 1. The molecule has 1 amide bonds. The van der Waals surface area contributed by atoms with Gasteiger partial charge in [0, 0.05) is 24.3 Å². The molecule has 26 heavy (non-hydrogen) atoms. The minimum atomic E-state index is -3.22. The Bertz CT molecular complexity index is 925. The second-order valence-electron chi connectivity index (χ2n) is 6.15. The van der Waals surface area contributed by atoms with E-state index in [-0.39, 0.29) is 11.7 Å². The zero-order valence-electron chi connectivity index (χ0n) is 14.9. The van der Waals surface area contributed by atoms with Gasteiger partial charge in [-0.2, -0.15) is 4.31 Å². The molecule has 0 saturated heterocycles. The summed E-state index contributed by atoms with van der Waals surface area (Å²) in [5.74, 6) is 0.468. The van der Waals surface area contributed by atoms with E-state index in [1.54, 1.807) is 38.3 Å². The van der Waals surface area contributed by atoms with Crippen molar-refractivity contribution < 1.29 is 17.9 Å². The number of anilines is 1. The van der Waals surface area contributed by atoms with Gasteiger partial charge in [-0.25, -0.2) is 8.42 Å². The predicted molar refractivity (Wildman–Crippen MR) is 101 cm³/mol. The van der Waals surface area contributed by atoms with Gasteiger partial charge < -0.3 is 10.1 Å². The number of ether oxygens (including phenoxy) is 1. The van der Waals surface area contributed by atoms with Crippen molar-refractivity contribution in [3.05, 3.63) is 59.2 Å². The lowest BCUT2D eigenvalue weighted by Gasteiger charge is -2.28. The molecule has 0 saturated carbocycles. The summed E-state index contributed by atoms with van der Waals surface area (Å²) < 4.78 is 30.9. The molecule has 1 aliphatic rings. The fraction of sp³-hybridized carbons (Fsp3) is 0.316. The lowest BCUT2D eigenvalue weighted by atomic mass is 10.0. The van der Waals surface area contributed by atoms with Crippen LogP contribution in [0.25, 0.3) is 0 Å². The van der Waals surface area contributed by atoms with Crippen molar-refractivity contribution in [1.82, 2.24) is 4.31 Å². The standard InChI is InChI=1S/C19H22N2O4S/c1-3-26(23,24)21-10-9-14-7-8-17(11-16(14)13-21)20-19(22)15-5-4-6-18(12-15)25-2/h4-8,11-12H,3,9-10,13H2,1-2H3,(H,20,22). The second kappa shape index (κ2) is 7.47. The van der Waals surface area contributed by atoms with Crippen molar-refractivity contribution in [3.63, 3.8) is 0 Å². The van der Waals surface area contributed by atoms with Crippen molar-refractivity contribution in [3.8, 4) is 5.75 Å². The Hall–Kier alpha value is -2.38. The summed E-state index contributed by atoms with van der Waals surface area (Å²) in [6.45, 7) is 2.49. The van der Waals surface area contributed by atoms with Crippen LogP contribution in [0.3, 0.4) is 0 Å². The molecule has 0 unspecified atom stereocenters. The van der Waals surface area contributed by atoms with E-state index in [0.29, 0.717) is 36.5 Å². The number of nitrogens with zero attached hydrogens (tertiary/aromatic N) is 1. The first-order valence-corrected chi connectivity index (χ1v) is 10.1. The highest BCUT2D eigenvalue weighted by atomic mass is 32.2. The van der Waals surface area contributed by atoms with Gasteiger partial charge in [0.05, 0.1) is 12.9 Å². The van der Waals surface area contributed by atoms with E-state index in [9.17, 15) is 13.2 Å². The quantitative estimate of drug-likeness (QED) is 0.873. The van der Waals surface area contributed by atoms with Crippen LogP contribution in [0.15, 0.2) is 42.5 Å². The van der Waals surface area contributed by atoms with Crippen molar-refractivity contribution in [2.24, 2.45) is 0 Å². The van der Waals surface area contributed by atoms with Crippen LogP contribution in [0.2, 0.25) is 0 Å². The SMILES string of the molecule is CCS(=O)(=O)N1CCc2ccc(NC(=O)c3cccc(OC)c3)cc2C1. The molecule has 7 heteroatoms. The number of hydrogen-bond acceptors (Lipinski definition) is 4. The summed E-state index contributed by atoms with van der Waals surface area (Å²) in [6.07, 6.45) is 0.679. The first kappa shape index (κ1) is 18.4. The normalized spacial score (nSPS) is 14.5. The largest absolute Gasteiger partial charge is 0.497 e. The molecule has 0 aromatic heterocycles. The van der Waals surface area contributed by atoms with E-state index in [2.05, 4.69) is 5.32 Å². The molecule has 0 fully saturated rings. The monoisotopic (exact) mass is 374 g/mol. The summed E-state index contributed by atoms with van der Waals surface area (Å²) in [4.78, 5) is 12.4. The van der Waals surface area contributed by atoms with E-state index in [1.165, 1.54) is 4.31 Å². The summed E-state index contributed by atoms with van der Waals surface area (Å²) in [5, 5.41) is 2.86. The number of fused-ring (bicyclic) bond motifs is 1. The van der Waals surface area contributed by atoms with Gasteiger partial charge >= 0.3 is 0 Å². The summed E-state index contributed by atoms with van der Waals surface area (Å²) in [7, 11) is -1.67. The summed E-state index contributed by atoms with van der Waals surface area (Å²) >= 11 is 0. The average Bonchev–Trinajstić information content (AvgIpc) is 2.67. The van der Waals surface area contributed by atoms with Crippen LogP contribution in [0, 0.1) is 0 Å². The Morgan fingerprint density at radius 3 is 2.73 bits per heavy atom. The third-order valence-corrected chi connectivity index (χ3v) is 6.36. The molecule has 2 aromatic carbocycles. The topological polar surface area (TPSA) is 75.7 Å². The maximum atomic E-state index is 12.4. The van der Waals surface area contributed by atoms with Crippen LogP contribution in [0.5, 0.6) is 5.75 Å². The average molecular weight is 374 g/mol. The predicted octanol–water partition coefficient (Wildman–Crippen LogP) is 2.66. The molecule has 2 aromatic rings. The third-order valence-electron chi connectivity index (χ3n) is 4.53. The van der Waals surface area contributed by atoms with Gasteiger partial charge in [-0.05, 0) is 54.8 Å². The van der Waals surface area contributed by atoms with Gasteiger partial charge in [0.1, 0.15) is 5.75 Å². The fourth-order valence-electron chi connectivity index (χ4n) is 3.00. The zero-order valence-corrected chi connectivity index (χ0v) is 15.7.